The number of β-amino-alcohol motifs (C(OH)–C–C–N with tert-alkyl or cyclic N) is 1. The van der Waals surface area contributed by atoms with Crippen LogP contribution in [0.15, 0.2) is 35.3 Å². The van der Waals surface area contributed by atoms with E-state index in [0.29, 0.717) is 23.9 Å². The number of hydrogen-bond acceptors (Lipinski definition) is 3. The number of para-hydroxylation sites is 1. The maximum absolute atomic E-state index is 12.5. The standard InChI is InChI=1S/C16H18N2O3/c1-16(21)7-4-8-18(10-16)15(20)12-9-17-13-6-3-2-5-11(13)14(12)19/h2-3,5-6,9,21H,4,7-8,10H2,1H3,(H,17,19). The number of carbonyl (C=O) groups excluding carboxylic acids is 1. The van der Waals surface area contributed by atoms with Crippen molar-refractivity contribution in [1.82, 2.24) is 9.88 Å². The summed E-state index contributed by atoms with van der Waals surface area (Å²) in [6, 6.07) is 7.12. The van der Waals surface area contributed by atoms with E-state index in [1.165, 1.54) is 6.20 Å². The Morgan fingerprint density at radius 2 is 2.14 bits per heavy atom. The second kappa shape index (κ2) is 5.00. The van der Waals surface area contributed by atoms with Crippen LogP contribution in [0, 0.1) is 0 Å². The van der Waals surface area contributed by atoms with Crippen LogP contribution in [-0.2, 0) is 0 Å². The van der Waals surface area contributed by atoms with Gasteiger partial charge in [-0.1, -0.05) is 12.1 Å². The molecule has 0 spiro atoms. The zero-order valence-corrected chi connectivity index (χ0v) is 11.9. The van der Waals surface area contributed by atoms with Gasteiger partial charge in [0, 0.05) is 30.2 Å². The Balaban J connectivity index is 1.98. The molecule has 1 aromatic heterocycles. The molecule has 1 fully saturated rings. The van der Waals surface area contributed by atoms with Gasteiger partial charge in [-0.05, 0) is 31.9 Å². The molecule has 0 aliphatic carbocycles. The van der Waals surface area contributed by atoms with Crippen molar-refractivity contribution >= 4 is 16.8 Å². The molecule has 5 nitrogen and oxygen atoms in total. The van der Waals surface area contributed by atoms with E-state index in [4.69, 9.17) is 0 Å². The molecule has 1 amide bonds. The molecule has 1 unspecified atom stereocenters. The Morgan fingerprint density at radius 3 is 2.90 bits per heavy atom. The first-order valence-corrected chi connectivity index (χ1v) is 7.10. The molecule has 110 valence electrons. The van der Waals surface area contributed by atoms with Crippen molar-refractivity contribution in [2.75, 3.05) is 13.1 Å². The number of aromatic nitrogens is 1. The molecule has 1 aromatic carbocycles. The molecule has 1 aliphatic rings. The highest BCUT2D eigenvalue weighted by Gasteiger charge is 2.32. The van der Waals surface area contributed by atoms with Gasteiger partial charge in [0.15, 0.2) is 0 Å². The number of rotatable bonds is 1. The Hall–Kier alpha value is -2.14. The fraction of sp³-hybridized carbons (Fsp3) is 0.375. The van der Waals surface area contributed by atoms with Gasteiger partial charge in [0.25, 0.3) is 5.91 Å². The molecule has 5 heteroatoms. The van der Waals surface area contributed by atoms with E-state index in [1.54, 1.807) is 30.0 Å². The number of nitrogens with zero attached hydrogens (tertiary/aromatic N) is 1. The van der Waals surface area contributed by atoms with Gasteiger partial charge in [0.05, 0.1) is 5.60 Å². The average molecular weight is 286 g/mol. The van der Waals surface area contributed by atoms with E-state index < -0.39 is 5.60 Å². The van der Waals surface area contributed by atoms with E-state index in [9.17, 15) is 14.7 Å². The highest BCUT2D eigenvalue weighted by Crippen LogP contribution is 2.21. The molecule has 2 aromatic rings. The van der Waals surface area contributed by atoms with E-state index in [2.05, 4.69) is 4.98 Å². The van der Waals surface area contributed by atoms with Crippen molar-refractivity contribution in [3.63, 3.8) is 0 Å². The first-order valence-electron chi connectivity index (χ1n) is 7.10. The van der Waals surface area contributed by atoms with Crippen molar-refractivity contribution < 1.29 is 9.90 Å². The summed E-state index contributed by atoms with van der Waals surface area (Å²) in [7, 11) is 0. The van der Waals surface area contributed by atoms with Crippen molar-refractivity contribution in [3.05, 3.63) is 46.2 Å². The van der Waals surface area contributed by atoms with Gasteiger partial charge in [-0.3, -0.25) is 9.59 Å². The highest BCUT2D eigenvalue weighted by atomic mass is 16.3. The fourth-order valence-corrected chi connectivity index (χ4v) is 2.89. The first kappa shape index (κ1) is 13.8. The number of aliphatic hydroxyl groups is 1. The Bertz CT molecular complexity index is 749. The molecule has 21 heavy (non-hydrogen) atoms. The summed E-state index contributed by atoms with van der Waals surface area (Å²) in [6.45, 7) is 2.55. The Labute approximate surface area is 122 Å². The Morgan fingerprint density at radius 1 is 1.38 bits per heavy atom. The maximum atomic E-state index is 12.5. The molecule has 0 radical (unpaired) electrons. The van der Waals surface area contributed by atoms with E-state index in [1.807, 2.05) is 6.07 Å². The number of piperidine rings is 1. The van der Waals surface area contributed by atoms with Gasteiger partial charge in [-0.15, -0.1) is 0 Å². The third kappa shape index (κ3) is 2.56. The van der Waals surface area contributed by atoms with Crippen molar-refractivity contribution in [2.24, 2.45) is 0 Å². The number of fused-ring (bicyclic) bond motifs is 1. The minimum absolute atomic E-state index is 0.131. The highest BCUT2D eigenvalue weighted by molar-refractivity contribution is 5.97. The van der Waals surface area contributed by atoms with Gasteiger partial charge < -0.3 is 15.0 Å². The number of hydrogen-bond donors (Lipinski definition) is 2. The van der Waals surface area contributed by atoms with Crippen LogP contribution in [0.25, 0.3) is 10.9 Å². The molecular formula is C16H18N2O3. The lowest BCUT2D eigenvalue weighted by molar-refractivity contribution is -0.0108. The number of nitrogens with one attached hydrogen (secondary N) is 1. The lowest BCUT2D eigenvalue weighted by atomic mass is 9.94. The molecular weight excluding hydrogens is 268 g/mol. The van der Waals surface area contributed by atoms with Crippen molar-refractivity contribution in [1.29, 1.82) is 0 Å². The molecule has 1 saturated heterocycles. The summed E-state index contributed by atoms with van der Waals surface area (Å²) in [5.41, 5.74) is -0.298. The van der Waals surface area contributed by atoms with Gasteiger partial charge >= 0.3 is 0 Å². The quantitative estimate of drug-likeness (QED) is 0.834. The largest absolute Gasteiger partial charge is 0.388 e. The third-order valence-corrected chi connectivity index (χ3v) is 3.98. The third-order valence-electron chi connectivity index (χ3n) is 3.98. The number of aromatic amines is 1. The molecule has 1 atom stereocenters. The maximum Gasteiger partial charge on any atom is 0.259 e. The summed E-state index contributed by atoms with van der Waals surface area (Å²) < 4.78 is 0. The number of H-pyrrole nitrogens is 1. The molecule has 2 N–H and O–H groups in total. The summed E-state index contributed by atoms with van der Waals surface area (Å²) in [6.07, 6.45) is 2.88. The lowest BCUT2D eigenvalue weighted by Crippen LogP contribution is -2.49. The first-order chi connectivity index (χ1) is 9.98. The SMILES string of the molecule is CC1(O)CCCN(C(=O)c2c[nH]c3ccccc3c2=O)C1. The molecule has 0 saturated carbocycles. The van der Waals surface area contributed by atoms with E-state index in [-0.39, 0.29) is 23.4 Å². The Kier molecular flexibility index (Phi) is 3.29. The zero-order valence-electron chi connectivity index (χ0n) is 11.9. The van der Waals surface area contributed by atoms with Crippen molar-refractivity contribution in [2.45, 2.75) is 25.4 Å². The van der Waals surface area contributed by atoms with Crippen LogP contribution in [-0.4, -0.2) is 39.6 Å². The number of pyridine rings is 1. The number of benzene rings is 1. The van der Waals surface area contributed by atoms with Crippen LogP contribution in [0.2, 0.25) is 0 Å². The normalized spacial score (nSPS) is 22.5. The molecule has 1 aliphatic heterocycles. The minimum Gasteiger partial charge on any atom is -0.388 e. The minimum atomic E-state index is -0.877. The van der Waals surface area contributed by atoms with Gasteiger partial charge in [-0.25, -0.2) is 0 Å². The van der Waals surface area contributed by atoms with E-state index >= 15 is 0 Å². The monoisotopic (exact) mass is 286 g/mol. The van der Waals surface area contributed by atoms with Crippen LogP contribution in [0.5, 0.6) is 0 Å². The lowest BCUT2D eigenvalue weighted by Gasteiger charge is -2.36. The van der Waals surface area contributed by atoms with Crippen LogP contribution in [0.1, 0.15) is 30.1 Å². The van der Waals surface area contributed by atoms with Gasteiger partial charge in [-0.2, -0.15) is 0 Å². The number of amides is 1. The predicted molar refractivity (Wildman–Crippen MR) is 80.3 cm³/mol. The van der Waals surface area contributed by atoms with E-state index in [0.717, 1.165) is 6.42 Å². The summed E-state index contributed by atoms with van der Waals surface area (Å²) in [5, 5.41) is 10.6. The van der Waals surface area contributed by atoms with Crippen LogP contribution >= 0.6 is 0 Å². The summed E-state index contributed by atoms with van der Waals surface area (Å²) in [5.74, 6) is -0.318. The van der Waals surface area contributed by atoms with Crippen molar-refractivity contribution in [3.8, 4) is 0 Å². The van der Waals surface area contributed by atoms with Gasteiger partial charge in [0.1, 0.15) is 5.56 Å². The molecule has 2 heterocycles. The molecule has 0 bridgehead atoms. The average Bonchev–Trinajstić information content (AvgIpc) is 2.46. The number of carbonyl (C=O) groups is 1. The van der Waals surface area contributed by atoms with Crippen LogP contribution in [0.3, 0.4) is 0 Å². The number of likely N-dealkylation sites (tertiary alicyclic amines) is 1. The van der Waals surface area contributed by atoms with Crippen LogP contribution in [0.4, 0.5) is 0 Å². The zero-order chi connectivity index (χ0) is 15.0. The fourth-order valence-electron chi connectivity index (χ4n) is 2.89. The smallest absolute Gasteiger partial charge is 0.259 e. The topological polar surface area (TPSA) is 73.4 Å². The second-order valence-corrected chi connectivity index (χ2v) is 5.90. The molecule has 3 rings (SSSR count). The second-order valence-electron chi connectivity index (χ2n) is 5.90. The summed E-state index contributed by atoms with van der Waals surface area (Å²) >= 11 is 0. The summed E-state index contributed by atoms with van der Waals surface area (Å²) in [4.78, 5) is 29.5. The van der Waals surface area contributed by atoms with Gasteiger partial charge in [0.2, 0.25) is 5.43 Å². The van der Waals surface area contributed by atoms with Crippen LogP contribution < -0.4 is 5.43 Å². The predicted octanol–water partition coefficient (Wildman–Crippen LogP) is 1.52.